The van der Waals surface area contributed by atoms with Crippen molar-refractivity contribution in [3.8, 4) is 5.75 Å². The number of rotatable bonds is 4. The third kappa shape index (κ3) is 4.25. The number of hydrogen-bond acceptors (Lipinski definition) is 4. The number of benzene rings is 1. The van der Waals surface area contributed by atoms with E-state index in [1.54, 1.807) is 12.0 Å². The lowest BCUT2D eigenvalue weighted by molar-refractivity contribution is -0.127. The maximum Gasteiger partial charge on any atom is 0.227 e. The Bertz CT molecular complexity index is 625. The summed E-state index contributed by atoms with van der Waals surface area (Å²) in [5, 5.41) is 6.43. The van der Waals surface area contributed by atoms with Gasteiger partial charge in [-0.3, -0.25) is 9.59 Å². The fourth-order valence-corrected chi connectivity index (χ4v) is 3.45. The molecule has 25 heavy (non-hydrogen) atoms. The third-order valence-electron chi connectivity index (χ3n) is 5.03. The van der Waals surface area contributed by atoms with E-state index in [9.17, 15) is 9.59 Å². The molecule has 0 spiro atoms. The SMILES string of the molecule is COc1ccccc1N1CC(C(=O)NC2CNCCC2C)CC1=O.Cl. The minimum atomic E-state index is -0.309. The number of ether oxygens (including phenoxy) is 1. The first-order valence-electron chi connectivity index (χ1n) is 8.54. The smallest absolute Gasteiger partial charge is 0.227 e. The molecule has 3 atom stereocenters. The minimum absolute atomic E-state index is 0. The van der Waals surface area contributed by atoms with Gasteiger partial charge in [0.05, 0.1) is 18.7 Å². The number of carbonyl (C=O) groups is 2. The van der Waals surface area contributed by atoms with Crippen molar-refractivity contribution >= 4 is 29.9 Å². The summed E-state index contributed by atoms with van der Waals surface area (Å²) < 4.78 is 5.33. The molecule has 6 nitrogen and oxygen atoms in total. The van der Waals surface area contributed by atoms with E-state index < -0.39 is 0 Å². The van der Waals surface area contributed by atoms with Crippen molar-refractivity contribution in [2.45, 2.75) is 25.8 Å². The van der Waals surface area contributed by atoms with Crippen LogP contribution in [-0.4, -0.2) is 44.6 Å². The molecule has 2 fully saturated rings. The second-order valence-corrected chi connectivity index (χ2v) is 6.66. The highest BCUT2D eigenvalue weighted by molar-refractivity contribution is 6.01. The van der Waals surface area contributed by atoms with Crippen molar-refractivity contribution in [3.63, 3.8) is 0 Å². The number of anilines is 1. The third-order valence-corrected chi connectivity index (χ3v) is 5.03. The first-order valence-corrected chi connectivity index (χ1v) is 8.54. The van der Waals surface area contributed by atoms with Gasteiger partial charge in [0, 0.05) is 25.6 Å². The molecule has 0 aliphatic carbocycles. The van der Waals surface area contributed by atoms with Crippen LogP contribution < -0.4 is 20.3 Å². The highest BCUT2D eigenvalue weighted by atomic mass is 35.5. The lowest BCUT2D eigenvalue weighted by Gasteiger charge is -2.31. The molecule has 2 aliphatic heterocycles. The molecule has 138 valence electrons. The van der Waals surface area contributed by atoms with E-state index in [0.29, 0.717) is 18.2 Å². The zero-order chi connectivity index (χ0) is 17.1. The summed E-state index contributed by atoms with van der Waals surface area (Å²) in [6.07, 6.45) is 1.31. The lowest BCUT2D eigenvalue weighted by Crippen LogP contribution is -2.51. The number of amides is 2. The average Bonchev–Trinajstić information content (AvgIpc) is 2.98. The zero-order valence-electron chi connectivity index (χ0n) is 14.7. The lowest BCUT2D eigenvalue weighted by atomic mass is 9.94. The predicted molar refractivity (Wildman–Crippen MR) is 99.3 cm³/mol. The van der Waals surface area contributed by atoms with E-state index in [4.69, 9.17) is 4.74 Å². The van der Waals surface area contributed by atoms with E-state index in [-0.39, 0.29) is 42.6 Å². The van der Waals surface area contributed by atoms with Gasteiger partial charge in [0.15, 0.2) is 0 Å². The van der Waals surface area contributed by atoms with Gasteiger partial charge in [0.2, 0.25) is 11.8 Å². The molecule has 0 bridgehead atoms. The van der Waals surface area contributed by atoms with Gasteiger partial charge in [0.1, 0.15) is 5.75 Å². The topological polar surface area (TPSA) is 70.7 Å². The van der Waals surface area contributed by atoms with E-state index in [1.165, 1.54) is 0 Å². The van der Waals surface area contributed by atoms with Crippen LogP contribution in [0.15, 0.2) is 24.3 Å². The summed E-state index contributed by atoms with van der Waals surface area (Å²) in [6, 6.07) is 7.55. The van der Waals surface area contributed by atoms with Gasteiger partial charge in [0.25, 0.3) is 0 Å². The van der Waals surface area contributed by atoms with Crippen molar-refractivity contribution in [2.24, 2.45) is 11.8 Å². The van der Waals surface area contributed by atoms with Crippen LogP contribution in [0.25, 0.3) is 0 Å². The number of para-hydroxylation sites is 2. The second-order valence-electron chi connectivity index (χ2n) is 6.66. The fraction of sp³-hybridized carbons (Fsp3) is 0.556. The Morgan fingerprint density at radius 1 is 1.36 bits per heavy atom. The van der Waals surface area contributed by atoms with Gasteiger partial charge in [-0.1, -0.05) is 19.1 Å². The van der Waals surface area contributed by atoms with Gasteiger partial charge in [-0.25, -0.2) is 0 Å². The quantitative estimate of drug-likeness (QED) is 0.847. The van der Waals surface area contributed by atoms with Gasteiger partial charge in [-0.05, 0) is 31.0 Å². The number of hydrogen-bond donors (Lipinski definition) is 2. The standard InChI is InChI=1S/C18H25N3O3.ClH/c1-12-7-8-19-10-14(12)20-18(23)13-9-17(22)21(11-13)15-5-3-4-6-16(15)24-2;/h3-6,12-14,19H,7-11H2,1-2H3,(H,20,23);1H. The highest BCUT2D eigenvalue weighted by Gasteiger charge is 2.37. The summed E-state index contributed by atoms with van der Waals surface area (Å²) in [5.74, 6) is 0.738. The Morgan fingerprint density at radius 3 is 2.84 bits per heavy atom. The molecule has 2 saturated heterocycles. The van der Waals surface area contributed by atoms with E-state index in [2.05, 4.69) is 17.6 Å². The molecule has 2 heterocycles. The Hall–Kier alpha value is -1.79. The predicted octanol–water partition coefficient (Wildman–Crippen LogP) is 1.58. The molecular formula is C18H26ClN3O3. The van der Waals surface area contributed by atoms with Crippen molar-refractivity contribution in [1.82, 2.24) is 10.6 Å². The summed E-state index contributed by atoms with van der Waals surface area (Å²) >= 11 is 0. The van der Waals surface area contributed by atoms with Crippen LogP contribution in [0.2, 0.25) is 0 Å². The van der Waals surface area contributed by atoms with Gasteiger partial charge in [-0.2, -0.15) is 0 Å². The van der Waals surface area contributed by atoms with Crippen LogP contribution in [0, 0.1) is 11.8 Å². The first kappa shape index (κ1) is 19.5. The number of nitrogens with zero attached hydrogens (tertiary/aromatic N) is 1. The number of nitrogens with one attached hydrogen (secondary N) is 2. The molecule has 1 aromatic carbocycles. The summed E-state index contributed by atoms with van der Waals surface area (Å²) in [4.78, 5) is 26.6. The summed E-state index contributed by atoms with van der Waals surface area (Å²) in [5.41, 5.74) is 0.730. The van der Waals surface area contributed by atoms with Crippen LogP contribution in [0.1, 0.15) is 19.8 Å². The molecular weight excluding hydrogens is 342 g/mol. The van der Waals surface area contributed by atoms with Crippen LogP contribution in [0.3, 0.4) is 0 Å². The van der Waals surface area contributed by atoms with E-state index in [1.807, 2.05) is 24.3 Å². The minimum Gasteiger partial charge on any atom is -0.495 e. The largest absolute Gasteiger partial charge is 0.495 e. The average molecular weight is 368 g/mol. The molecule has 3 unspecified atom stereocenters. The molecule has 0 aromatic heterocycles. The monoisotopic (exact) mass is 367 g/mol. The molecule has 3 rings (SSSR count). The Morgan fingerprint density at radius 2 is 2.12 bits per heavy atom. The number of halogens is 1. The second kappa shape index (κ2) is 8.54. The molecule has 0 radical (unpaired) electrons. The van der Waals surface area contributed by atoms with Crippen LogP contribution in [-0.2, 0) is 9.59 Å². The molecule has 2 amide bonds. The van der Waals surface area contributed by atoms with Crippen LogP contribution in [0.5, 0.6) is 5.75 Å². The molecule has 7 heteroatoms. The number of carbonyl (C=O) groups excluding carboxylic acids is 2. The van der Waals surface area contributed by atoms with Crippen molar-refractivity contribution in [1.29, 1.82) is 0 Å². The molecule has 1 aromatic rings. The Balaban J connectivity index is 0.00000225. The Kier molecular flexibility index (Phi) is 6.67. The van der Waals surface area contributed by atoms with Gasteiger partial charge in [-0.15, -0.1) is 12.4 Å². The zero-order valence-corrected chi connectivity index (χ0v) is 15.5. The normalized spacial score (nSPS) is 26.1. The number of piperidine rings is 1. The number of methoxy groups -OCH3 is 1. The fourth-order valence-electron chi connectivity index (χ4n) is 3.45. The van der Waals surface area contributed by atoms with Gasteiger partial charge < -0.3 is 20.3 Å². The van der Waals surface area contributed by atoms with E-state index >= 15 is 0 Å². The molecule has 2 N–H and O–H groups in total. The molecule has 0 saturated carbocycles. The van der Waals surface area contributed by atoms with Crippen molar-refractivity contribution in [3.05, 3.63) is 24.3 Å². The van der Waals surface area contributed by atoms with Crippen molar-refractivity contribution < 1.29 is 14.3 Å². The first-order chi connectivity index (χ1) is 11.6. The highest BCUT2D eigenvalue weighted by Crippen LogP contribution is 2.32. The maximum absolute atomic E-state index is 12.6. The summed E-state index contributed by atoms with van der Waals surface area (Å²) in [6.45, 7) is 4.35. The van der Waals surface area contributed by atoms with E-state index in [0.717, 1.165) is 25.2 Å². The van der Waals surface area contributed by atoms with Gasteiger partial charge >= 0.3 is 0 Å². The molecule has 2 aliphatic rings. The van der Waals surface area contributed by atoms with Crippen LogP contribution >= 0.6 is 12.4 Å². The Labute approximate surface area is 154 Å². The summed E-state index contributed by atoms with van der Waals surface area (Å²) in [7, 11) is 1.58. The maximum atomic E-state index is 12.6. The van der Waals surface area contributed by atoms with Crippen molar-refractivity contribution in [2.75, 3.05) is 31.6 Å². The van der Waals surface area contributed by atoms with Crippen LogP contribution in [0.4, 0.5) is 5.69 Å².